The van der Waals surface area contributed by atoms with Crippen LogP contribution in [0, 0.1) is 6.92 Å². The van der Waals surface area contributed by atoms with Crippen LogP contribution in [0.1, 0.15) is 18.9 Å². The lowest BCUT2D eigenvalue weighted by atomic mass is 10.2. The highest BCUT2D eigenvalue weighted by Crippen LogP contribution is 2.14. The normalized spacial score (nSPS) is 12.4. The van der Waals surface area contributed by atoms with Gasteiger partial charge in [-0.2, -0.15) is 0 Å². The van der Waals surface area contributed by atoms with Crippen molar-refractivity contribution in [1.82, 2.24) is 5.32 Å². The van der Waals surface area contributed by atoms with Crippen LogP contribution in [-0.2, 0) is 4.74 Å². The predicted octanol–water partition coefficient (Wildman–Crippen LogP) is 2.45. The molecule has 0 radical (unpaired) electrons. The van der Waals surface area contributed by atoms with Crippen molar-refractivity contribution in [3.63, 3.8) is 0 Å². The SMILES string of the molecule is CCCNC(COC)CN(C)c1cccc(C)c1. The lowest BCUT2D eigenvalue weighted by Gasteiger charge is -2.26. The van der Waals surface area contributed by atoms with Crippen molar-refractivity contribution < 1.29 is 4.74 Å². The van der Waals surface area contributed by atoms with Gasteiger partial charge in [0.15, 0.2) is 0 Å². The molecule has 0 aliphatic rings. The molecule has 1 atom stereocenters. The number of hydrogen-bond acceptors (Lipinski definition) is 3. The van der Waals surface area contributed by atoms with Crippen LogP contribution in [-0.4, -0.2) is 39.9 Å². The summed E-state index contributed by atoms with van der Waals surface area (Å²) in [5, 5.41) is 3.52. The molecule has 18 heavy (non-hydrogen) atoms. The first-order chi connectivity index (χ1) is 8.67. The second-order valence-corrected chi connectivity index (χ2v) is 4.83. The fraction of sp³-hybridized carbons (Fsp3) is 0.600. The van der Waals surface area contributed by atoms with Crippen molar-refractivity contribution in [2.24, 2.45) is 0 Å². The lowest BCUT2D eigenvalue weighted by molar-refractivity contribution is 0.168. The average molecular weight is 250 g/mol. The van der Waals surface area contributed by atoms with Crippen molar-refractivity contribution in [2.45, 2.75) is 26.3 Å². The van der Waals surface area contributed by atoms with Crippen molar-refractivity contribution >= 4 is 5.69 Å². The number of nitrogens with one attached hydrogen (secondary N) is 1. The minimum atomic E-state index is 0.375. The quantitative estimate of drug-likeness (QED) is 0.767. The molecule has 0 amide bonds. The molecule has 1 unspecified atom stereocenters. The van der Waals surface area contributed by atoms with Crippen LogP contribution in [0.5, 0.6) is 0 Å². The Hall–Kier alpha value is -1.06. The molecular weight excluding hydrogens is 224 g/mol. The van der Waals surface area contributed by atoms with Crippen LogP contribution in [0.4, 0.5) is 5.69 Å². The van der Waals surface area contributed by atoms with Gasteiger partial charge < -0.3 is 15.0 Å². The third-order valence-corrected chi connectivity index (χ3v) is 2.99. The summed E-state index contributed by atoms with van der Waals surface area (Å²) < 4.78 is 5.27. The standard InChI is InChI=1S/C15H26N2O/c1-5-9-16-14(12-18-4)11-17(3)15-8-6-7-13(2)10-15/h6-8,10,14,16H,5,9,11-12H2,1-4H3. The van der Waals surface area contributed by atoms with Gasteiger partial charge in [-0.15, -0.1) is 0 Å². The lowest BCUT2D eigenvalue weighted by Crippen LogP contribution is -2.43. The van der Waals surface area contributed by atoms with Crippen molar-refractivity contribution in [1.29, 1.82) is 0 Å². The zero-order valence-corrected chi connectivity index (χ0v) is 12.1. The van der Waals surface area contributed by atoms with Gasteiger partial charge in [-0.1, -0.05) is 19.1 Å². The molecule has 1 rings (SSSR count). The van der Waals surface area contributed by atoms with Gasteiger partial charge in [-0.25, -0.2) is 0 Å². The summed E-state index contributed by atoms with van der Waals surface area (Å²) >= 11 is 0. The van der Waals surface area contributed by atoms with Crippen LogP contribution in [0.2, 0.25) is 0 Å². The molecule has 0 aliphatic carbocycles. The summed E-state index contributed by atoms with van der Waals surface area (Å²) in [6.07, 6.45) is 1.15. The maximum atomic E-state index is 5.27. The van der Waals surface area contributed by atoms with E-state index in [1.54, 1.807) is 7.11 Å². The zero-order chi connectivity index (χ0) is 13.4. The summed E-state index contributed by atoms with van der Waals surface area (Å²) in [5.41, 5.74) is 2.55. The number of rotatable bonds is 8. The van der Waals surface area contributed by atoms with E-state index in [4.69, 9.17) is 4.74 Å². The molecule has 0 heterocycles. The first kappa shape index (κ1) is 15.0. The van der Waals surface area contributed by atoms with Gasteiger partial charge in [-0.05, 0) is 37.6 Å². The second-order valence-electron chi connectivity index (χ2n) is 4.83. The Morgan fingerprint density at radius 1 is 1.39 bits per heavy atom. The van der Waals surface area contributed by atoms with E-state index in [1.165, 1.54) is 11.3 Å². The maximum absolute atomic E-state index is 5.27. The van der Waals surface area contributed by atoms with E-state index in [2.05, 4.69) is 55.4 Å². The average Bonchev–Trinajstić information content (AvgIpc) is 2.36. The minimum absolute atomic E-state index is 0.375. The number of nitrogens with zero attached hydrogens (tertiary/aromatic N) is 1. The Kier molecular flexibility index (Phi) is 6.76. The number of benzene rings is 1. The first-order valence-corrected chi connectivity index (χ1v) is 6.67. The highest BCUT2D eigenvalue weighted by molar-refractivity contribution is 5.47. The van der Waals surface area contributed by atoms with Crippen molar-refractivity contribution in [3.8, 4) is 0 Å². The van der Waals surface area contributed by atoms with Crippen LogP contribution in [0.3, 0.4) is 0 Å². The number of ether oxygens (including phenoxy) is 1. The molecule has 1 N–H and O–H groups in total. The summed E-state index contributed by atoms with van der Waals surface area (Å²) in [6, 6.07) is 8.96. The second kappa shape index (κ2) is 8.11. The summed E-state index contributed by atoms with van der Waals surface area (Å²) in [6.45, 7) is 7.05. The number of likely N-dealkylation sites (N-methyl/N-ethyl adjacent to an activating group) is 1. The molecule has 0 saturated heterocycles. The van der Waals surface area contributed by atoms with E-state index in [9.17, 15) is 0 Å². The van der Waals surface area contributed by atoms with Crippen LogP contribution < -0.4 is 10.2 Å². The molecule has 3 heteroatoms. The van der Waals surface area contributed by atoms with Crippen LogP contribution >= 0.6 is 0 Å². The van der Waals surface area contributed by atoms with Gasteiger partial charge in [0, 0.05) is 32.4 Å². The summed E-state index contributed by atoms with van der Waals surface area (Å²) in [4.78, 5) is 2.28. The highest BCUT2D eigenvalue weighted by Gasteiger charge is 2.11. The van der Waals surface area contributed by atoms with E-state index >= 15 is 0 Å². The molecule has 0 bridgehead atoms. The van der Waals surface area contributed by atoms with Gasteiger partial charge in [0.25, 0.3) is 0 Å². The van der Waals surface area contributed by atoms with Crippen LogP contribution in [0.15, 0.2) is 24.3 Å². The topological polar surface area (TPSA) is 24.5 Å². The predicted molar refractivity (Wildman–Crippen MR) is 78.4 cm³/mol. The van der Waals surface area contributed by atoms with Gasteiger partial charge in [0.2, 0.25) is 0 Å². The smallest absolute Gasteiger partial charge is 0.0633 e. The fourth-order valence-corrected chi connectivity index (χ4v) is 2.03. The molecule has 3 nitrogen and oxygen atoms in total. The van der Waals surface area contributed by atoms with E-state index in [1.807, 2.05) is 0 Å². The van der Waals surface area contributed by atoms with Crippen molar-refractivity contribution in [3.05, 3.63) is 29.8 Å². The van der Waals surface area contributed by atoms with E-state index in [0.717, 1.165) is 26.1 Å². The van der Waals surface area contributed by atoms with Gasteiger partial charge >= 0.3 is 0 Å². The monoisotopic (exact) mass is 250 g/mol. The molecule has 0 spiro atoms. The Morgan fingerprint density at radius 3 is 2.78 bits per heavy atom. The number of hydrogen-bond donors (Lipinski definition) is 1. The van der Waals surface area contributed by atoms with Crippen LogP contribution in [0.25, 0.3) is 0 Å². The summed E-state index contributed by atoms with van der Waals surface area (Å²) in [7, 11) is 3.89. The largest absolute Gasteiger partial charge is 0.383 e. The van der Waals surface area contributed by atoms with E-state index in [-0.39, 0.29) is 0 Å². The molecule has 0 aliphatic heterocycles. The third kappa shape index (κ3) is 5.07. The maximum Gasteiger partial charge on any atom is 0.0633 e. The van der Waals surface area contributed by atoms with Gasteiger partial charge in [0.1, 0.15) is 0 Å². The number of aryl methyl sites for hydroxylation is 1. The van der Waals surface area contributed by atoms with E-state index in [0.29, 0.717) is 6.04 Å². The van der Waals surface area contributed by atoms with Gasteiger partial charge in [0.05, 0.1) is 6.61 Å². The Balaban J connectivity index is 2.56. The minimum Gasteiger partial charge on any atom is -0.383 e. The van der Waals surface area contributed by atoms with E-state index < -0.39 is 0 Å². The molecule has 1 aromatic carbocycles. The third-order valence-electron chi connectivity index (χ3n) is 2.99. The fourth-order valence-electron chi connectivity index (χ4n) is 2.03. The Labute approximate surface area is 111 Å². The van der Waals surface area contributed by atoms with Gasteiger partial charge in [-0.3, -0.25) is 0 Å². The molecule has 0 fully saturated rings. The molecule has 0 saturated carbocycles. The number of anilines is 1. The first-order valence-electron chi connectivity index (χ1n) is 6.67. The van der Waals surface area contributed by atoms with Crippen molar-refractivity contribution in [2.75, 3.05) is 38.8 Å². The molecule has 1 aromatic rings. The zero-order valence-electron chi connectivity index (χ0n) is 12.1. The molecule has 102 valence electrons. The summed E-state index contributed by atoms with van der Waals surface area (Å²) in [5.74, 6) is 0. The highest BCUT2D eigenvalue weighted by atomic mass is 16.5. The molecular formula is C15H26N2O. The Morgan fingerprint density at radius 2 is 2.17 bits per heavy atom. The molecule has 0 aromatic heterocycles. The number of methoxy groups -OCH3 is 1. The Bertz CT molecular complexity index is 341.